The summed E-state index contributed by atoms with van der Waals surface area (Å²) < 4.78 is 5.15. The van der Waals surface area contributed by atoms with Crippen LogP contribution >= 0.6 is 0 Å². The molecule has 0 heterocycles. The minimum Gasteiger partial charge on any atom is -0.440 e. The van der Waals surface area contributed by atoms with Gasteiger partial charge in [-0.2, -0.15) is 0 Å². The number of carbonyl (C=O) groups is 2. The van der Waals surface area contributed by atoms with E-state index in [2.05, 4.69) is 26.1 Å². The van der Waals surface area contributed by atoms with E-state index in [4.69, 9.17) is 4.74 Å². The van der Waals surface area contributed by atoms with Crippen LogP contribution in [0.2, 0.25) is 0 Å². The average Bonchev–Trinajstić information content (AvgIpc) is 2.25. The largest absolute Gasteiger partial charge is 0.440 e. The fraction of sp³-hybridized carbons (Fsp3) is 0.875. The van der Waals surface area contributed by atoms with Crippen molar-refractivity contribution in [2.45, 2.75) is 66.5 Å². The highest BCUT2D eigenvalue weighted by atomic mass is 16.6. The molecule has 0 aliphatic heterocycles. The number of carbonyl (C=O) groups excluding carboxylic acids is 2. The minimum absolute atomic E-state index is 0.0153. The molecule has 1 amide bonds. The van der Waals surface area contributed by atoms with E-state index in [1.165, 1.54) is 13.3 Å². The van der Waals surface area contributed by atoms with Gasteiger partial charge in [-0.15, -0.1) is 0 Å². The van der Waals surface area contributed by atoms with E-state index in [0.29, 0.717) is 17.8 Å². The van der Waals surface area contributed by atoms with Crippen molar-refractivity contribution in [3.63, 3.8) is 0 Å². The van der Waals surface area contributed by atoms with Gasteiger partial charge in [0.05, 0.1) is 0 Å². The van der Waals surface area contributed by atoms with E-state index in [9.17, 15) is 9.59 Å². The Balaban J connectivity index is 2.74. The van der Waals surface area contributed by atoms with Crippen molar-refractivity contribution in [3.05, 3.63) is 0 Å². The summed E-state index contributed by atoms with van der Waals surface area (Å²) in [5.74, 6) is 1.15. The third kappa shape index (κ3) is 4.80. The van der Waals surface area contributed by atoms with Crippen LogP contribution in [0.1, 0.15) is 60.8 Å². The van der Waals surface area contributed by atoms with Crippen molar-refractivity contribution in [2.24, 2.45) is 23.7 Å². The van der Waals surface area contributed by atoms with Crippen LogP contribution in [0.4, 0.5) is 0 Å². The topological polar surface area (TPSA) is 55.4 Å². The molecule has 0 radical (unpaired) electrons. The quantitative estimate of drug-likeness (QED) is 0.637. The summed E-state index contributed by atoms with van der Waals surface area (Å²) in [5.41, 5.74) is -0.939. The second-order valence-corrected chi connectivity index (χ2v) is 7.03. The van der Waals surface area contributed by atoms with Gasteiger partial charge in [0.1, 0.15) is 0 Å². The molecule has 4 nitrogen and oxygen atoms in total. The van der Waals surface area contributed by atoms with E-state index < -0.39 is 5.72 Å². The first-order chi connectivity index (χ1) is 9.12. The van der Waals surface area contributed by atoms with Gasteiger partial charge >= 0.3 is 5.97 Å². The van der Waals surface area contributed by atoms with Crippen LogP contribution in [0.25, 0.3) is 0 Å². The summed E-state index contributed by atoms with van der Waals surface area (Å²) in [5, 5.41) is 2.88. The SMILES string of the molecule is CC(=O)OC(C)(C)NC(=O)C1CC(C)CCC1C(C)C. The Morgan fingerprint density at radius 1 is 1.25 bits per heavy atom. The standard InChI is InChI=1S/C16H29NO3/c1-10(2)13-8-7-11(3)9-14(13)15(19)17-16(5,6)20-12(4)18/h10-11,13-14H,7-9H2,1-6H3,(H,17,19). The highest BCUT2D eigenvalue weighted by molar-refractivity contribution is 5.80. The Hall–Kier alpha value is -1.06. The van der Waals surface area contributed by atoms with Gasteiger partial charge in [-0.1, -0.05) is 27.2 Å². The van der Waals surface area contributed by atoms with E-state index in [1.54, 1.807) is 13.8 Å². The van der Waals surface area contributed by atoms with Crippen LogP contribution in [-0.4, -0.2) is 17.6 Å². The fourth-order valence-electron chi connectivity index (χ4n) is 3.28. The Morgan fingerprint density at radius 3 is 2.35 bits per heavy atom. The van der Waals surface area contributed by atoms with Crippen molar-refractivity contribution >= 4 is 11.9 Å². The molecule has 1 rings (SSSR count). The first kappa shape index (κ1) is 17.0. The van der Waals surface area contributed by atoms with Crippen molar-refractivity contribution in [1.29, 1.82) is 0 Å². The maximum absolute atomic E-state index is 12.6. The molecule has 4 heteroatoms. The summed E-state index contributed by atoms with van der Waals surface area (Å²) in [6.07, 6.45) is 3.22. The zero-order valence-corrected chi connectivity index (χ0v) is 13.7. The Morgan fingerprint density at radius 2 is 1.85 bits per heavy atom. The molecule has 0 spiro atoms. The van der Waals surface area contributed by atoms with Crippen molar-refractivity contribution in [3.8, 4) is 0 Å². The summed E-state index contributed by atoms with van der Waals surface area (Å²) in [6, 6.07) is 0. The predicted octanol–water partition coefficient (Wildman–Crippen LogP) is 3.11. The lowest BCUT2D eigenvalue weighted by atomic mass is 9.69. The van der Waals surface area contributed by atoms with Gasteiger partial charge in [0.2, 0.25) is 5.91 Å². The van der Waals surface area contributed by atoms with Gasteiger partial charge in [0, 0.05) is 12.8 Å². The smallest absolute Gasteiger partial charge is 0.304 e. The van der Waals surface area contributed by atoms with Crippen LogP contribution in [0.3, 0.4) is 0 Å². The summed E-state index contributed by atoms with van der Waals surface area (Å²) in [7, 11) is 0. The molecule has 0 aromatic heterocycles. The lowest BCUT2D eigenvalue weighted by Gasteiger charge is -2.38. The van der Waals surface area contributed by atoms with E-state index in [0.717, 1.165) is 12.8 Å². The van der Waals surface area contributed by atoms with Crippen LogP contribution in [0.5, 0.6) is 0 Å². The summed E-state index contributed by atoms with van der Waals surface area (Å²) in [6.45, 7) is 11.3. The molecule has 0 saturated heterocycles. The molecule has 1 saturated carbocycles. The van der Waals surface area contributed by atoms with Crippen molar-refractivity contribution in [1.82, 2.24) is 5.32 Å². The van der Waals surface area contributed by atoms with E-state index in [-0.39, 0.29) is 17.8 Å². The van der Waals surface area contributed by atoms with Crippen LogP contribution in [-0.2, 0) is 14.3 Å². The second kappa shape index (κ2) is 6.59. The molecule has 20 heavy (non-hydrogen) atoms. The Labute approximate surface area is 122 Å². The molecule has 3 atom stereocenters. The number of esters is 1. The van der Waals surface area contributed by atoms with Gasteiger partial charge in [-0.25, -0.2) is 0 Å². The zero-order chi connectivity index (χ0) is 15.5. The average molecular weight is 283 g/mol. The molecule has 3 unspecified atom stereocenters. The van der Waals surface area contributed by atoms with Gasteiger partial charge in [-0.3, -0.25) is 9.59 Å². The Kier molecular flexibility index (Phi) is 5.60. The monoisotopic (exact) mass is 283 g/mol. The molecule has 0 aromatic carbocycles. The molecule has 0 aromatic rings. The van der Waals surface area contributed by atoms with Gasteiger partial charge in [0.25, 0.3) is 0 Å². The van der Waals surface area contributed by atoms with Gasteiger partial charge < -0.3 is 10.1 Å². The number of hydrogen-bond donors (Lipinski definition) is 1. The van der Waals surface area contributed by atoms with Gasteiger partial charge in [0.15, 0.2) is 5.72 Å². The third-order valence-electron chi connectivity index (χ3n) is 4.18. The maximum Gasteiger partial charge on any atom is 0.304 e. The molecule has 1 fully saturated rings. The number of nitrogens with one attached hydrogen (secondary N) is 1. The predicted molar refractivity (Wildman–Crippen MR) is 78.8 cm³/mol. The molecule has 116 valence electrons. The number of ether oxygens (including phenoxy) is 1. The summed E-state index contributed by atoms with van der Waals surface area (Å²) in [4.78, 5) is 23.6. The lowest BCUT2D eigenvalue weighted by molar-refractivity contribution is -0.160. The minimum atomic E-state index is -0.939. The first-order valence-corrected chi connectivity index (χ1v) is 7.64. The molecule has 1 aliphatic carbocycles. The molecule has 1 aliphatic rings. The lowest BCUT2D eigenvalue weighted by Crippen LogP contribution is -2.51. The van der Waals surface area contributed by atoms with E-state index >= 15 is 0 Å². The van der Waals surface area contributed by atoms with Crippen molar-refractivity contribution < 1.29 is 14.3 Å². The fourth-order valence-corrected chi connectivity index (χ4v) is 3.28. The summed E-state index contributed by atoms with van der Waals surface area (Å²) >= 11 is 0. The maximum atomic E-state index is 12.6. The van der Waals surface area contributed by atoms with Crippen LogP contribution < -0.4 is 5.32 Å². The molecule has 1 N–H and O–H groups in total. The zero-order valence-electron chi connectivity index (χ0n) is 13.7. The molecular formula is C16H29NO3. The number of hydrogen-bond acceptors (Lipinski definition) is 3. The second-order valence-electron chi connectivity index (χ2n) is 7.03. The van der Waals surface area contributed by atoms with E-state index in [1.807, 2.05) is 0 Å². The van der Waals surface area contributed by atoms with Crippen LogP contribution in [0, 0.1) is 23.7 Å². The highest BCUT2D eigenvalue weighted by Crippen LogP contribution is 2.38. The normalized spacial score (nSPS) is 27.2. The van der Waals surface area contributed by atoms with Crippen LogP contribution in [0.15, 0.2) is 0 Å². The Bertz CT molecular complexity index is 363. The number of amides is 1. The highest BCUT2D eigenvalue weighted by Gasteiger charge is 2.37. The molecular weight excluding hydrogens is 254 g/mol. The van der Waals surface area contributed by atoms with Crippen molar-refractivity contribution in [2.75, 3.05) is 0 Å². The first-order valence-electron chi connectivity index (χ1n) is 7.64. The van der Waals surface area contributed by atoms with Gasteiger partial charge in [-0.05, 0) is 44.4 Å². The third-order valence-corrected chi connectivity index (χ3v) is 4.18. The molecule has 0 bridgehead atoms. The number of rotatable bonds is 4.